The van der Waals surface area contributed by atoms with Crippen molar-refractivity contribution < 1.29 is 9.90 Å². The van der Waals surface area contributed by atoms with Gasteiger partial charge in [0.05, 0.1) is 6.10 Å². The van der Waals surface area contributed by atoms with Gasteiger partial charge in [-0.2, -0.15) is 0 Å². The van der Waals surface area contributed by atoms with Crippen LogP contribution < -0.4 is 11.3 Å². The molecule has 4 aliphatic rings. The molecule has 0 aromatic carbocycles. The van der Waals surface area contributed by atoms with Crippen LogP contribution in [-0.2, 0) is 4.79 Å². The first-order chi connectivity index (χ1) is 13.3. The molecule has 0 radical (unpaired) electrons. The highest BCUT2D eigenvalue weighted by Gasteiger charge is 2.60. The Morgan fingerprint density at radius 1 is 1.07 bits per heavy atom. The third kappa shape index (κ3) is 3.23. The third-order valence-electron chi connectivity index (χ3n) is 10.4. The predicted octanol–water partition coefficient (Wildman–Crippen LogP) is 4.41. The molecular weight excluding hydrogens is 348 g/mol. The molecule has 28 heavy (non-hydrogen) atoms. The minimum absolute atomic E-state index is 0.0269. The molecule has 9 atom stereocenters. The summed E-state index contributed by atoms with van der Waals surface area (Å²) in [6, 6.07) is 0. The van der Waals surface area contributed by atoms with E-state index in [0.29, 0.717) is 23.2 Å². The number of carbonyl (C=O) groups excluding carboxylic acids is 1. The number of nitrogens with two attached hydrogens (primary N) is 1. The molecular formula is C24H42N2O2. The zero-order valence-corrected chi connectivity index (χ0v) is 18.3. The second kappa shape index (κ2) is 7.58. The van der Waals surface area contributed by atoms with Crippen molar-refractivity contribution in [3.05, 3.63) is 0 Å². The van der Waals surface area contributed by atoms with Crippen molar-refractivity contribution in [2.45, 2.75) is 97.5 Å². The lowest BCUT2D eigenvalue weighted by atomic mass is 9.44. The highest BCUT2D eigenvalue weighted by molar-refractivity contribution is 5.75. The molecule has 160 valence electrons. The average Bonchev–Trinajstić information content (AvgIpc) is 3.03. The first-order valence-corrected chi connectivity index (χ1v) is 12.0. The van der Waals surface area contributed by atoms with Crippen molar-refractivity contribution in [1.29, 1.82) is 0 Å². The summed E-state index contributed by atoms with van der Waals surface area (Å²) in [5, 5.41) is 10.2. The van der Waals surface area contributed by atoms with Crippen molar-refractivity contribution >= 4 is 5.91 Å². The van der Waals surface area contributed by atoms with Crippen LogP contribution in [-0.4, -0.2) is 17.1 Å². The van der Waals surface area contributed by atoms with Gasteiger partial charge in [-0.3, -0.25) is 10.2 Å². The third-order valence-corrected chi connectivity index (χ3v) is 10.4. The lowest BCUT2D eigenvalue weighted by molar-refractivity contribution is -0.129. The Morgan fingerprint density at radius 3 is 2.54 bits per heavy atom. The van der Waals surface area contributed by atoms with Crippen molar-refractivity contribution in [3.63, 3.8) is 0 Å². The van der Waals surface area contributed by atoms with Gasteiger partial charge in [-0.15, -0.1) is 0 Å². The molecule has 0 aliphatic heterocycles. The van der Waals surface area contributed by atoms with Gasteiger partial charge in [0.25, 0.3) is 0 Å². The smallest absolute Gasteiger partial charge is 0.233 e. The van der Waals surface area contributed by atoms with E-state index < -0.39 is 0 Å². The second-order valence-electron chi connectivity index (χ2n) is 11.4. The number of hydrogen-bond donors (Lipinski definition) is 3. The zero-order valence-electron chi connectivity index (χ0n) is 18.3. The average molecular weight is 391 g/mol. The van der Waals surface area contributed by atoms with Crippen molar-refractivity contribution in [1.82, 2.24) is 5.43 Å². The van der Waals surface area contributed by atoms with Crippen molar-refractivity contribution in [2.75, 3.05) is 0 Å². The summed E-state index contributed by atoms with van der Waals surface area (Å²) < 4.78 is 0. The van der Waals surface area contributed by atoms with Gasteiger partial charge in [-0.1, -0.05) is 20.8 Å². The molecule has 0 aromatic heterocycles. The Morgan fingerprint density at radius 2 is 1.79 bits per heavy atom. The van der Waals surface area contributed by atoms with Gasteiger partial charge in [0, 0.05) is 6.42 Å². The van der Waals surface area contributed by atoms with E-state index in [-0.39, 0.29) is 12.0 Å². The molecule has 4 N–H and O–H groups in total. The number of aliphatic hydroxyl groups excluding tert-OH is 1. The minimum atomic E-state index is -0.0501. The summed E-state index contributed by atoms with van der Waals surface area (Å²) in [6.07, 6.45) is 13.0. The van der Waals surface area contributed by atoms with Crippen LogP contribution in [0.25, 0.3) is 0 Å². The number of hydrazine groups is 1. The van der Waals surface area contributed by atoms with Crippen molar-refractivity contribution in [3.8, 4) is 0 Å². The molecule has 4 aliphatic carbocycles. The summed E-state index contributed by atoms with van der Waals surface area (Å²) in [5.74, 6) is 9.97. The number of aliphatic hydroxyl groups is 1. The number of carbonyl (C=O) groups is 1. The number of hydrogen-bond acceptors (Lipinski definition) is 3. The van der Waals surface area contributed by atoms with Crippen LogP contribution >= 0.6 is 0 Å². The van der Waals surface area contributed by atoms with E-state index >= 15 is 0 Å². The topological polar surface area (TPSA) is 75.4 Å². The Balaban J connectivity index is 1.48. The molecule has 4 fully saturated rings. The maximum Gasteiger partial charge on any atom is 0.233 e. The molecule has 4 rings (SSSR count). The lowest BCUT2D eigenvalue weighted by Crippen LogP contribution is -2.54. The molecule has 9 unspecified atom stereocenters. The highest BCUT2D eigenvalue weighted by Crippen LogP contribution is 2.68. The van der Waals surface area contributed by atoms with E-state index in [0.717, 1.165) is 48.9 Å². The minimum Gasteiger partial charge on any atom is -0.393 e. The molecule has 0 heterocycles. The molecule has 0 saturated heterocycles. The van der Waals surface area contributed by atoms with Crippen LogP contribution in [0.15, 0.2) is 0 Å². The fourth-order valence-electron chi connectivity index (χ4n) is 8.84. The van der Waals surface area contributed by atoms with Gasteiger partial charge in [0.15, 0.2) is 0 Å². The molecule has 1 amide bonds. The van der Waals surface area contributed by atoms with Crippen LogP contribution in [0, 0.1) is 46.3 Å². The van der Waals surface area contributed by atoms with Gasteiger partial charge in [-0.05, 0) is 111 Å². The van der Waals surface area contributed by atoms with Crippen LogP contribution in [0.5, 0.6) is 0 Å². The first kappa shape index (κ1) is 20.7. The Hall–Kier alpha value is -0.610. The maximum absolute atomic E-state index is 11.6. The lowest BCUT2D eigenvalue weighted by Gasteiger charge is -2.61. The van der Waals surface area contributed by atoms with E-state index in [9.17, 15) is 9.90 Å². The second-order valence-corrected chi connectivity index (χ2v) is 11.4. The van der Waals surface area contributed by atoms with E-state index in [2.05, 4.69) is 26.2 Å². The van der Waals surface area contributed by atoms with E-state index in [1.807, 2.05) is 0 Å². The number of fused-ring (bicyclic) bond motifs is 5. The van der Waals surface area contributed by atoms with Gasteiger partial charge in [0.1, 0.15) is 0 Å². The first-order valence-electron chi connectivity index (χ1n) is 12.0. The number of rotatable bonds is 4. The Labute approximate surface area is 171 Å². The zero-order chi connectivity index (χ0) is 20.1. The SMILES string of the molecule is CC(CCC(=O)NN)C1CCC2C3CCC4CC(O)CCC4(C)C3CCC12C. The van der Waals surface area contributed by atoms with Crippen LogP contribution in [0.4, 0.5) is 0 Å². The molecule has 0 bridgehead atoms. The van der Waals surface area contributed by atoms with Gasteiger partial charge in [-0.25, -0.2) is 5.84 Å². The molecule has 4 saturated carbocycles. The molecule has 4 heteroatoms. The van der Waals surface area contributed by atoms with Crippen LogP contribution in [0.2, 0.25) is 0 Å². The maximum atomic E-state index is 11.6. The van der Waals surface area contributed by atoms with Crippen LogP contribution in [0.1, 0.15) is 91.4 Å². The standard InChI is InChI=1S/C24H42N2O2/c1-15(4-9-22(28)26-25)19-7-8-20-18-6-5-16-14-17(27)10-12-23(16,2)21(18)11-13-24(19,20)3/h15-21,27H,4-14,25H2,1-3H3,(H,26,28). The number of nitrogens with one attached hydrogen (secondary N) is 1. The van der Waals surface area contributed by atoms with E-state index in [1.54, 1.807) is 0 Å². The quantitative estimate of drug-likeness (QED) is 0.378. The molecule has 0 spiro atoms. The Kier molecular flexibility index (Phi) is 5.59. The summed E-state index contributed by atoms with van der Waals surface area (Å²) >= 11 is 0. The number of amides is 1. The van der Waals surface area contributed by atoms with Crippen molar-refractivity contribution in [2.24, 2.45) is 52.2 Å². The van der Waals surface area contributed by atoms with Gasteiger partial charge < -0.3 is 5.11 Å². The summed E-state index contributed by atoms with van der Waals surface area (Å²) in [5.41, 5.74) is 3.21. The normalized spacial score (nSPS) is 48.9. The largest absolute Gasteiger partial charge is 0.393 e. The van der Waals surface area contributed by atoms with E-state index in [1.165, 1.54) is 44.9 Å². The van der Waals surface area contributed by atoms with E-state index in [4.69, 9.17) is 5.84 Å². The summed E-state index contributed by atoms with van der Waals surface area (Å²) in [6.45, 7) is 7.53. The summed E-state index contributed by atoms with van der Waals surface area (Å²) in [7, 11) is 0. The highest BCUT2D eigenvalue weighted by atomic mass is 16.3. The fraction of sp³-hybridized carbons (Fsp3) is 0.958. The van der Waals surface area contributed by atoms with Gasteiger partial charge >= 0.3 is 0 Å². The van der Waals surface area contributed by atoms with Gasteiger partial charge in [0.2, 0.25) is 5.91 Å². The molecule has 4 nitrogen and oxygen atoms in total. The molecule has 0 aromatic rings. The predicted molar refractivity (Wildman–Crippen MR) is 112 cm³/mol. The fourth-order valence-corrected chi connectivity index (χ4v) is 8.84. The van der Waals surface area contributed by atoms with Crippen LogP contribution in [0.3, 0.4) is 0 Å². The monoisotopic (exact) mass is 390 g/mol. The summed E-state index contributed by atoms with van der Waals surface area (Å²) in [4.78, 5) is 11.6. The Bertz CT molecular complexity index is 595.